The third kappa shape index (κ3) is 4.62. The second-order valence-corrected chi connectivity index (χ2v) is 6.75. The number of nitrogens with zero attached hydrogens (tertiary/aromatic N) is 1. The molecule has 1 aromatic heterocycles. The third-order valence-electron chi connectivity index (χ3n) is 3.02. The number of pyridine rings is 1. The van der Waals surface area contributed by atoms with Crippen molar-refractivity contribution in [2.75, 3.05) is 4.72 Å². The highest BCUT2D eigenvalue weighted by molar-refractivity contribution is 7.92. The van der Waals surface area contributed by atoms with E-state index in [0.29, 0.717) is 5.56 Å². The van der Waals surface area contributed by atoms with Crippen molar-refractivity contribution in [2.45, 2.75) is 24.2 Å². The van der Waals surface area contributed by atoms with Gasteiger partial charge in [0.1, 0.15) is 5.82 Å². The van der Waals surface area contributed by atoms with Crippen LogP contribution in [-0.4, -0.2) is 13.4 Å². The standard InChI is InChI=1S/C14H10F6N2O2S/c1-8-2-3-12(21-7-8)22-25(23,24)11-5-9(13(15,16)17)4-10(6-11)14(18,19)20/h2-7H,1H3,(H,21,22). The van der Waals surface area contributed by atoms with Crippen molar-refractivity contribution in [1.29, 1.82) is 0 Å². The number of hydrogen-bond acceptors (Lipinski definition) is 3. The van der Waals surface area contributed by atoms with Gasteiger partial charge in [0.2, 0.25) is 0 Å². The maximum Gasteiger partial charge on any atom is 0.416 e. The summed E-state index contributed by atoms with van der Waals surface area (Å²) in [6.07, 6.45) is -9.01. The first kappa shape index (κ1) is 19.0. The summed E-state index contributed by atoms with van der Waals surface area (Å²) in [6.45, 7) is 1.66. The fourth-order valence-corrected chi connectivity index (χ4v) is 2.88. The second-order valence-electron chi connectivity index (χ2n) is 5.07. The van der Waals surface area contributed by atoms with Crippen molar-refractivity contribution in [3.63, 3.8) is 0 Å². The van der Waals surface area contributed by atoms with Gasteiger partial charge in [0.15, 0.2) is 0 Å². The van der Waals surface area contributed by atoms with Crippen molar-refractivity contribution in [3.8, 4) is 0 Å². The molecule has 0 aliphatic heterocycles. The van der Waals surface area contributed by atoms with E-state index in [-0.39, 0.29) is 24.0 Å². The molecule has 136 valence electrons. The van der Waals surface area contributed by atoms with Gasteiger partial charge in [-0.25, -0.2) is 13.4 Å². The maximum absolute atomic E-state index is 12.8. The van der Waals surface area contributed by atoms with Crippen LogP contribution in [0.3, 0.4) is 0 Å². The third-order valence-corrected chi connectivity index (χ3v) is 4.36. The lowest BCUT2D eigenvalue weighted by Gasteiger charge is -2.15. The number of halogens is 6. The van der Waals surface area contributed by atoms with Gasteiger partial charge >= 0.3 is 12.4 Å². The molecular weight excluding hydrogens is 374 g/mol. The highest BCUT2D eigenvalue weighted by Crippen LogP contribution is 2.37. The summed E-state index contributed by atoms with van der Waals surface area (Å²) in [5.41, 5.74) is -2.76. The summed E-state index contributed by atoms with van der Waals surface area (Å²) in [4.78, 5) is 2.53. The lowest BCUT2D eigenvalue weighted by Crippen LogP contribution is -2.18. The highest BCUT2D eigenvalue weighted by Gasteiger charge is 2.38. The van der Waals surface area contributed by atoms with Gasteiger partial charge in [0.05, 0.1) is 16.0 Å². The van der Waals surface area contributed by atoms with Crippen LogP contribution in [-0.2, 0) is 22.4 Å². The number of benzene rings is 1. The van der Waals surface area contributed by atoms with E-state index in [1.807, 2.05) is 4.72 Å². The summed E-state index contributed by atoms with van der Waals surface area (Å²) in [6, 6.07) is 2.81. The van der Waals surface area contributed by atoms with Gasteiger partial charge < -0.3 is 0 Å². The predicted molar refractivity (Wildman–Crippen MR) is 76.2 cm³/mol. The number of aryl methyl sites for hydroxylation is 1. The van der Waals surface area contributed by atoms with Crippen LogP contribution in [0.2, 0.25) is 0 Å². The first-order chi connectivity index (χ1) is 11.3. The molecule has 0 atom stereocenters. The minimum Gasteiger partial charge on any atom is -0.263 e. The number of alkyl halides is 6. The molecular formula is C14H10F6N2O2S. The molecule has 1 aromatic carbocycles. The average Bonchev–Trinajstić information content (AvgIpc) is 2.47. The van der Waals surface area contributed by atoms with Gasteiger partial charge in [0, 0.05) is 6.20 Å². The van der Waals surface area contributed by atoms with E-state index in [1.54, 1.807) is 6.92 Å². The average molecular weight is 384 g/mol. The Morgan fingerprint density at radius 3 is 1.84 bits per heavy atom. The Labute approximate surface area is 138 Å². The molecule has 0 unspecified atom stereocenters. The van der Waals surface area contributed by atoms with Crippen LogP contribution < -0.4 is 4.72 Å². The maximum atomic E-state index is 12.8. The number of hydrogen-bond donors (Lipinski definition) is 1. The van der Waals surface area contributed by atoms with Gasteiger partial charge in [0.25, 0.3) is 10.0 Å². The molecule has 0 saturated heterocycles. The monoisotopic (exact) mass is 384 g/mol. The van der Waals surface area contributed by atoms with Gasteiger partial charge in [-0.2, -0.15) is 26.3 Å². The number of nitrogens with one attached hydrogen (secondary N) is 1. The molecule has 0 aliphatic rings. The van der Waals surface area contributed by atoms with Gasteiger partial charge in [-0.15, -0.1) is 0 Å². The second kappa shape index (κ2) is 6.21. The molecule has 0 fully saturated rings. The van der Waals surface area contributed by atoms with Crippen molar-refractivity contribution < 1.29 is 34.8 Å². The Balaban J connectivity index is 2.54. The first-order valence-electron chi connectivity index (χ1n) is 6.54. The van der Waals surface area contributed by atoms with Crippen molar-refractivity contribution in [2.24, 2.45) is 0 Å². The molecule has 1 N–H and O–H groups in total. The summed E-state index contributed by atoms with van der Waals surface area (Å²) in [5.74, 6) is -0.239. The Hall–Kier alpha value is -2.30. The van der Waals surface area contributed by atoms with Gasteiger partial charge in [-0.05, 0) is 36.8 Å². The zero-order valence-electron chi connectivity index (χ0n) is 12.4. The molecule has 4 nitrogen and oxygen atoms in total. The van der Waals surface area contributed by atoms with E-state index in [4.69, 9.17) is 0 Å². The van der Waals surface area contributed by atoms with E-state index in [2.05, 4.69) is 4.98 Å². The van der Waals surface area contributed by atoms with Crippen LogP contribution in [0.25, 0.3) is 0 Å². The van der Waals surface area contributed by atoms with E-state index in [9.17, 15) is 34.8 Å². The topological polar surface area (TPSA) is 59.1 Å². The minimum atomic E-state index is -5.15. The van der Waals surface area contributed by atoms with Crippen LogP contribution in [0.5, 0.6) is 0 Å². The summed E-state index contributed by atoms with van der Waals surface area (Å²) in [7, 11) is -4.70. The molecule has 11 heteroatoms. The molecule has 0 bridgehead atoms. The van der Waals surface area contributed by atoms with Crippen LogP contribution in [0.15, 0.2) is 41.4 Å². The van der Waals surface area contributed by atoms with Gasteiger partial charge in [-0.1, -0.05) is 6.07 Å². The van der Waals surface area contributed by atoms with Crippen LogP contribution in [0.1, 0.15) is 16.7 Å². The van der Waals surface area contributed by atoms with Gasteiger partial charge in [-0.3, -0.25) is 4.72 Å². The molecule has 2 aromatic rings. The van der Waals surface area contributed by atoms with Crippen molar-refractivity contribution in [1.82, 2.24) is 4.98 Å². The van der Waals surface area contributed by atoms with Crippen molar-refractivity contribution >= 4 is 15.8 Å². The largest absolute Gasteiger partial charge is 0.416 e. The van der Waals surface area contributed by atoms with E-state index < -0.39 is 38.4 Å². The fourth-order valence-electron chi connectivity index (χ4n) is 1.81. The molecule has 0 amide bonds. The Kier molecular flexibility index (Phi) is 4.73. The highest BCUT2D eigenvalue weighted by atomic mass is 32.2. The van der Waals surface area contributed by atoms with E-state index >= 15 is 0 Å². The van der Waals surface area contributed by atoms with Crippen molar-refractivity contribution in [3.05, 3.63) is 53.2 Å². The Bertz CT molecular complexity index is 841. The van der Waals surface area contributed by atoms with E-state index in [1.165, 1.54) is 18.3 Å². The van der Waals surface area contributed by atoms with Crippen LogP contribution in [0, 0.1) is 6.92 Å². The lowest BCUT2D eigenvalue weighted by atomic mass is 10.1. The smallest absolute Gasteiger partial charge is 0.263 e. The quantitative estimate of drug-likeness (QED) is 0.806. The summed E-state index contributed by atoms with van der Waals surface area (Å²) in [5, 5.41) is 0. The van der Waals surface area contributed by atoms with E-state index in [0.717, 1.165) is 0 Å². The number of anilines is 1. The number of sulfonamides is 1. The normalized spacial score (nSPS) is 12.9. The molecule has 0 aliphatic carbocycles. The fraction of sp³-hybridized carbons (Fsp3) is 0.214. The summed E-state index contributed by atoms with van der Waals surface area (Å²) >= 11 is 0. The molecule has 0 spiro atoms. The molecule has 0 radical (unpaired) electrons. The lowest BCUT2D eigenvalue weighted by molar-refractivity contribution is -0.143. The zero-order valence-corrected chi connectivity index (χ0v) is 13.2. The Morgan fingerprint density at radius 1 is 0.920 bits per heavy atom. The Morgan fingerprint density at radius 2 is 1.44 bits per heavy atom. The molecule has 25 heavy (non-hydrogen) atoms. The zero-order chi connectivity index (χ0) is 19.0. The minimum absolute atomic E-state index is 0.131. The number of aromatic nitrogens is 1. The molecule has 0 saturated carbocycles. The van der Waals surface area contributed by atoms with Crippen LogP contribution in [0.4, 0.5) is 32.2 Å². The van der Waals surface area contributed by atoms with Crippen LogP contribution >= 0.6 is 0 Å². The SMILES string of the molecule is Cc1ccc(NS(=O)(=O)c2cc(C(F)(F)F)cc(C(F)(F)F)c2)nc1. The first-order valence-corrected chi connectivity index (χ1v) is 8.02. The molecule has 1 heterocycles. The predicted octanol–water partition coefficient (Wildman–Crippen LogP) is 4.23. The molecule has 2 rings (SSSR count). The summed E-state index contributed by atoms with van der Waals surface area (Å²) < 4.78 is 103. The number of rotatable bonds is 3.